The van der Waals surface area contributed by atoms with Crippen molar-refractivity contribution in [2.75, 3.05) is 0 Å². The number of fused-ring (bicyclic) bond motifs is 6. The second-order valence-electron chi connectivity index (χ2n) is 14.0. The van der Waals surface area contributed by atoms with Gasteiger partial charge in [0, 0.05) is 27.9 Å². The average Bonchev–Trinajstić information content (AvgIpc) is 3.24. The Morgan fingerprint density at radius 2 is 1.31 bits per heavy atom. The van der Waals surface area contributed by atoms with E-state index in [1.165, 1.54) is 56.5 Å². The lowest BCUT2D eigenvalue weighted by Crippen LogP contribution is -2.33. The summed E-state index contributed by atoms with van der Waals surface area (Å²) >= 11 is 0. The number of benzene rings is 4. The number of aromatic nitrogens is 1. The summed E-state index contributed by atoms with van der Waals surface area (Å²) in [4.78, 5) is 4.96. The zero-order valence-corrected chi connectivity index (χ0v) is 24.2. The highest BCUT2D eigenvalue weighted by atomic mass is 16.3. The van der Waals surface area contributed by atoms with Crippen molar-refractivity contribution in [2.24, 2.45) is 0 Å². The molecule has 1 aliphatic carbocycles. The fourth-order valence-corrected chi connectivity index (χ4v) is 6.80. The lowest BCUT2D eigenvalue weighted by atomic mass is 9.63. The minimum Gasteiger partial charge on any atom is -0.456 e. The first-order valence-electron chi connectivity index (χ1n) is 14.3. The van der Waals surface area contributed by atoms with Gasteiger partial charge in [-0.15, -0.1) is 0 Å². The average molecular weight is 512 g/mol. The second kappa shape index (κ2) is 7.94. The molecule has 39 heavy (non-hydrogen) atoms. The van der Waals surface area contributed by atoms with E-state index in [9.17, 15) is 0 Å². The third kappa shape index (κ3) is 3.72. The normalized spacial score (nSPS) is 16.8. The molecule has 0 aliphatic heterocycles. The first-order chi connectivity index (χ1) is 18.4. The first-order valence-corrected chi connectivity index (χ1v) is 14.3. The van der Waals surface area contributed by atoms with Crippen molar-refractivity contribution in [1.29, 1.82) is 0 Å². The highest BCUT2D eigenvalue weighted by Crippen LogP contribution is 2.48. The van der Waals surface area contributed by atoms with Gasteiger partial charge < -0.3 is 4.42 Å². The van der Waals surface area contributed by atoms with Crippen LogP contribution < -0.4 is 0 Å². The number of nitrogens with zero attached hydrogens (tertiary/aromatic N) is 1. The van der Waals surface area contributed by atoms with Gasteiger partial charge in [-0.3, -0.25) is 4.98 Å². The Bertz CT molecular complexity index is 1940. The molecule has 2 nitrogen and oxygen atoms in total. The van der Waals surface area contributed by atoms with Gasteiger partial charge in [0.25, 0.3) is 0 Å². The number of furan rings is 1. The predicted octanol–water partition coefficient (Wildman–Crippen LogP) is 10.6. The molecule has 0 amide bonds. The van der Waals surface area contributed by atoms with Gasteiger partial charge in [0.05, 0.1) is 5.69 Å². The lowest BCUT2D eigenvalue weighted by Gasteiger charge is -2.41. The van der Waals surface area contributed by atoms with E-state index in [-0.39, 0.29) is 16.2 Å². The maximum absolute atomic E-state index is 6.53. The Balaban J connectivity index is 1.51. The van der Waals surface area contributed by atoms with Crippen LogP contribution in [0.5, 0.6) is 0 Å². The molecule has 0 saturated carbocycles. The third-order valence-electron chi connectivity index (χ3n) is 9.27. The quantitative estimate of drug-likeness (QED) is 0.219. The fraction of sp³-hybridized carbons (Fsp3) is 0.324. The van der Waals surface area contributed by atoms with E-state index < -0.39 is 0 Å². The van der Waals surface area contributed by atoms with Crippen LogP contribution in [0.1, 0.15) is 78.0 Å². The van der Waals surface area contributed by atoms with Gasteiger partial charge in [0.15, 0.2) is 0 Å². The van der Waals surface area contributed by atoms with Gasteiger partial charge in [-0.25, -0.2) is 0 Å². The first kappa shape index (κ1) is 24.4. The highest BCUT2D eigenvalue weighted by Gasteiger charge is 2.37. The molecule has 6 aromatic rings. The van der Waals surface area contributed by atoms with Gasteiger partial charge in [0.1, 0.15) is 11.2 Å². The highest BCUT2D eigenvalue weighted by molar-refractivity contribution is 6.12. The maximum atomic E-state index is 6.53. The summed E-state index contributed by atoms with van der Waals surface area (Å²) in [6, 6.07) is 24.7. The largest absolute Gasteiger partial charge is 0.456 e. The molecule has 7 rings (SSSR count). The Hall–Kier alpha value is -3.65. The Kier molecular flexibility index (Phi) is 4.97. The molecule has 0 spiro atoms. The van der Waals surface area contributed by atoms with Crippen LogP contribution in [0.4, 0.5) is 0 Å². The number of hydrogen-bond acceptors (Lipinski definition) is 2. The molecule has 2 aromatic heterocycles. The molecule has 4 aromatic carbocycles. The van der Waals surface area contributed by atoms with E-state index >= 15 is 0 Å². The van der Waals surface area contributed by atoms with E-state index in [2.05, 4.69) is 115 Å². The topological polar surface area (TPSA) is 26.0 Å². The van der Waals surface area contributed by atoms with Crippen molar-refractivity contribution in [3.63, 3.8) is 0 Å². The number of rotatable bonds is 1. The summed E-state index contributed by atoms with van der Waals surface area (Å²) in [7, 11) is 0. The van der Waals surface area contributed by atoms with E-state index in [0.29, 0.717) is 0 Å². The monoisotopic (exact) mass is 511 g/mol. The minimum atomic E-state index is 0.0217. The molecule has 0 radical (unpaired) electrons. The minimum absolute atomic E-state index is 0.0217. The summed E-state index contributed by atoms with van der Waals surface area (Å²) in [6.45, 7) is 16.4. The predicted molar refractivity (Wildman–Crippen MR) is 166 cm³/mol. The van der Waals surface area contributed by atoms with Crippen LogP contribution in [0.2, 0.25) is 0 Å². The Morgan fingerprint density at radius 1 is 0.667 bits per heavy atom. The second-order valence-corrected chi connectivity index (χ2v) is 14.0. The molecule has 2 heterocycles. The summed E-state index contributed by atoms with van der Waals surface area (Å²) in [5, 5.41) is 7.27. The number of hydrogen-bond donors (Lipinski definition) is 0. The van der Waals surface area contributed by atoms with Crippen molar-refractivity contribution in [2.45, 2.75) is 77.6 Å². The van der Waals surface area contributed by atoms with Crippen LogP contribution in [0.3, 0.4) is 0 Å². The van der Waals surface area contributed by atoms with Crippen LogP contribution >= 0.6 is 0 Å². The van der Waals surface area contributed by atoms with Gasteiger partial charge in [0.2, 0.25) is 0 Å². The van der Waals surface area contributed by atoms with Gasteiger partial charge >= 0.3 is 0 Å². The molecule has 0 fully saturated rings. The summed E-state index contributed by atoms with van der Waals surface area (Å²) < 4.78 is 6.53. The van der Waals surface area contributed by atoms with Crippen LogP contribution in [-0.2, 0) is 16.2 Å². The SMILES string of the molecule is CC(C)(C)c1cc(-c2nccc3cc4oc5cc6c(cc5c4cc23)C(C)(C)CCC6(C)C)cc2ccccc12. The Labute approximate surface area is 231 Å². The smallest absolute Gasteiger partial charge is 0.136 e. The molecular formula is C37H37NO. The van der Waals surface area contributed by atoms with Gasteiger partial charge in [-0.1, -0.05) is 72.7 Å². The molecular weight excluding hydrogens is 474 g/mol. The van der Waals surface area contributed by atoms with E-state index in [0.717, 1.165) is 27.8 Å². The van der Waals surface area contributed by atoms with Crippen molar-refractivity contribution in [3.05, 3.63) is 89.6 Å². The van der Waals surface area contributed by atoms with Crippen LogP contribution in [0, 0.1) is 0 Å². The molecule has 0 unspecified atom stereocenters. The lowest BCUT2D eigenvalue weighted by molar-refractivity contribution is 0.332. The van der Waals surface area contributed by atoms with Crippen molar-refractivity contribution in [1.82, 2.24) is 4.98 Å². The molecule has 0 bridgehead atoms. The standard InChI is InChI=1S/C37H37NO/c1-35(2,3)29-17-24(16-22-10-8-9-11-25(22)29)34-26-19-27-28-20-30-31(37(6,7)14-13-36(30,4)5)21-33(28)39-32(27)18-23(26)12-15-38-34/h8-12,15-21H,13-14H2,1-7H3. The zero-order chi connectivity index (χ0) is 27.3. The molecule has 2 heteroatoms. The molecule has 0 atom stereocenters. The van der Waals surface area contributed by atoms with E-state index in [1.807, 2.05) is 6.20 Å². The maximum Gasteiger partial charge on any atom is 0.136 e. The third-order valence-corrected chi connectivity index (χ3v) is 9.27. The van der Waals surface area contributed by atoms with Gasteiger partial charge in [-0.05, 0) is 104 Å². The van der Waals surface area contributed by atoms with Crippen LogP contribution in [-0.4, -0.2) is 4.98 Å². The summed E-state index contributed by atoms with van der Waals surface area (Å²) in [6.07, 6.45) is 4.32. The Morgan fingerprint density at radius 3 is 2.05 bits per heavy atom. The fourth-order valence-electron chi connectivity index (χ4n) is 6.80. The molecule has 0 N–H and O–H groups in total. The zero-order valence-electron chi connectivity index (χ0n) is 24.2. The van der Waals surface area contributed by atoms with Gasteiger partial charge in [-0.2, -0.15) is 0 Å². The van der Waals surface area contributed by atoms with Crippen LogP contribution in [0.15, 0.2) is 77.3 Å². The van der Waals surface area contributed by atoms with Crippen LogP contribution in [0.25, 0.3) is 54.7 Å². The van der Waals surface area contributed by atoms with Crippen molar-refractivity contribution in [3.8, 4) is 11.3 Å². The number of pyridine rings is 1. The summed E-state index contributed by atoms with van der Waals surface area (Å²) in [5.74, 6) is 0. The summed E-state index contributed by atoms with van der Waals surface area (Å²) in [5.41, 5.74) is 8.70. The molecule has 1 aliphatic rings. The van der Waals surface area contributed by atoms with E-state index in [1.54, 1.807) is 0 Å². The molecule has 0 saturated heterocycles. The molecule has 196 valence electrons. The van der Waals surface area contributed by atoms with Crippen molar-refractivity contribution < 1.29 is 4.42 Å². The van der Waals surface area contributed by atoms with E-state index in [4.69, 9.17) is 9.40 Å². The van der Waals surface area contributed by atoms with Crippen molar-refractivity contribution >= 4 is 43.5 Å².